The number of benzene rings is 1. The number of thioether (sulfide) groups is 1. The van der Waals surface area contributed by atoms with Crippen LogP contribution in [0, 0.1) is 17.8 Å². The molecule has 2 aromatic heterocycles. The molecule has 4 aliphatic carbocycles. The molecule has 32 heavy (non-hydrogen) atoms. The van der Waals surface area contributed by atoms with Gasteiger partial charge in [0.1, 0.15) is 0 Å². The normalized spacial score (nSPS) is 28.2. The van der Waals surface area contributed by atoms with Crippen LogP contribution in [0.15, 0.2) is 54.1 Å². The summed E-state index contributed by atoms with van der Waals surface area (Å²) in [4.78, 5) is 23.1. The molecule has 4 bridgehead atoms. The molecule has 1 aromatic carbocycles. The average molecular weight is 465 g/mol. The van der Waals surface area contributed by atoms with Crippen LogP contribution in [0.4, 0.5) is 5.13 Å². The lowest BCUT2D eigenvalue weighted by molar-refractivity contribution is -0.113. The highest BCUT2D eigenvalue weighted by molar-refractivity contribution is 7.99. The van der Waals surface area contributed by atoms with Crippen molar-refractivity contribution in [3.8, 4) is 0 Å². The van der Waals surface area contributed by atoms with E-state index in [1.807, 2.05) is 30.6 Å². The molecular formula is C25H28N4OS2. The summed E-state index contributed by atoms with van der Waals surface area (Å²) in [6, 6.07) is 10.3. The van der Waals surface area contributed by atoms with Crippen LogP contribution in [0.1, 0.15) is 49.0 Å². The van der Waals surface area contributed by atoms with Crippen LogP contribution < -0.4 is 5.32 Å². The van der Waals surface area contributed by atoms with Crippen LogP contribution in [-0.4, -0.2) is 26.2 Å². The summed E-state index contributed by atoms with van der Waals surface area (Å²) >= 11 is 3.18. The molecule has 7 heteroatoms. The van der Waals surface area contributed by atoms with Crippen molar-refractivity contribution in [3.05, 3.63) is 59.4 Å². The van der Waals surface area contributed by atoms with Crippen LogP contribution in [0.3, 0.4) is 0 Å². The van der Waals surface area contributed by atoms with E-state index < -0.39 is 0 Å². The first kappa shape index (κ1) is 20.5. The molecular weight excluding hydrogens is 436 g/mol. The van der Waals surface area contributed by atoms with Crippen LogP contribution in [0.5, 0.6) is 0 Å². The molecule has 0 aliphatic heterocycles. The summed E-state index contributed by atoms with van der Waals surface area (Å²) in [5.74, 6) is 3.06. The van der Waals surface area contributed by atoms with Crippen molar-refractivity contribution in [1.82, 2.24) is 14.5 Å². The SMILES string of the molecule is O=C(CSc1nccn1Cc1ccccc1)Nc1ncc(C23CC4CC(CC(C4)C2)C3)s1. The smallest absolute Gasteiger partial charge is 0.236 e. The fourth-order valence-electron chi connectivity index (χ4n) is 6.61. The molecule has 4 aliphatic rings. The molecule has 1 N–H and O–H groups in total. The predicted molar refractivity (Wildman–Crippen MR) is 129 cm³/mol. The van der Waals surface area contributed by atoms with Crippen LogP contribution in [0.25, 0.3) is 0 Å². The number of hydrogen-bond donors (Lipinski definition) is 1. The molecule has 0 unspecified atom stereocenters. The summed E-state index contributed by atoms with van der Waals surface area (Å²) < 4.78 is 2.09. The number of carbonyl (C=O) groups excluding carboxylic acids is 1. The summed E-state index contributed by atoms with van der Waals surface area (Å²) in [5, 5.41) is 4.64. The largest absolute Gasteiger partial charge is 0.322 e. The number of aromatic nitrogens is 3. The number of hydrogen-bond acceptors (Lipinski definition) is 5. The summed E-state index contributed by atoms with van der Waals surface area (Å²) in [6.07, 6.45) is 14.1. The monoisotopic (exact) mass is 464 g/mol. The van der Waals surface area contributed by atoms with E-state index in [0.717, 1.165) is 34.6 Å². The van der Waals surface area contributed by atoms with Crippen molar-refractivity contribution in [2.75, 3.05) is 11.1 Å². The van der Waals surface area contributed by atoms with Gasteiger partial charge >= 0.3 is 0 Å². The molecule has 0 spiro atoms. The van der Waals surface area contributed by atoms with Gasteiger partial charge in [0.25, 0.3) is 0 Å². The third-order valence-corrected chi connectivity index (χ3v) is 9.68. The van der Waals surface area contributed by atoms with E-state index in [-0.39, 0.29) is 5.91 Å². The molecule has 0 saturated heterocycles. The number of anilines is 1. The highest BCUT2D eigenvalue weighted by Gasteiger charge is 2.52. The Morgan fingerprint density at radius 1 is 1.09 bits per heavy atom. The summed E-state index contributed by atoms with van der Waals surface area (Å²) in [6.45, 7) is 0.756. The van der Waals surface area contributed by atoms with E-state index in [2.05, 4.69) is 32.0 Å². The van der Waals surface area contributed by atoms with Gasteiger partial charge in [0.05, 0.1) is 5.75 Å². The van der Waals surface area contributed by atoms with E-state index in [4.69, 9.17) is 0 Å². The van der Waals surface area contributed by atoms with Gasteiger partial charge in [0.2, 0.25) is 5.91 Å². The van der Waals surface area contributed by atoms with Crippen LogP contribution in [0.2, 0.25) is 0 Å². The first-order valence-corrected chi connectivity index (χ1v) is 13.4. The van der Waals surface area contributed by atoms with Gasteiger partial charge in [-0.05, 0) is 61.8 Å². The Morgan fingerprint density at radius 2 is 1.81 bits per heavy atom. The molecule has 2 heterocycles. The van der Waals surface area contributed by atoms with Crippen molar-refractivity contribution in [2.24, 2.45) is 17.8 Å². The van der Waals surface area contributed by atoms with Gasteiger partial charge in [-0.25, -0.2) is 9.97 Å². The fraction of sp³-hybridized carbons (Fsp3) is 0.480. The zero-order valence-corrected chi connectivity index (χ0v) is 19.7. The fourth-order valence-corrected chi connectivity index (χ4v) is 8.42. The first-order valence-electron chi connectivity index (χ1n) is 11.6. The number of thiazole rings is 1. The third kappa shape index (κ3) is 4.01. The average Bonchev–Trinajstić information content (AvgIpc) is 3.42. The molecule has 0 radical (unpaired) electrons. The van der Waals surface area contributed by atoms with Gasteiger partial charge in [-0.3, -0.25) is 4.79 Å². The number of nitrogens with one attached hydrogen (secondary N) is 1. The number of imidazole rings is 1. The standard InChI is InChI=1S/C25H28N4OS2/c30-22(16-31-24-26-6-7-29(24)15-17-4-2-1-3-5-17)28-23-27-14-21(32-23)25-11-18-8-19(12-25)10-20(9-18)13-25/h1-7,14,18-20H,8-13,15-16H2,(H,27,28,30). The van der Waals surface area contributed by atoms with Crippen molar-refractivity contribution < 1.29 is 4.79 Å². The highest BCUT2D eigenvalue weighted by atomic mass is 32.2. The summed E-state index contributed by atoms with van der Waals surface area (Å²) in [7, 11) is 0. The van der Waals surface area contributed by atoms with E-state index in [1.165, 1.54) is 60.7 Å². The molecule has 166 valence electrons. The Morgan fingerprint density at radius 3 is 2.53 bits per heavy atom. The van der Waals surface area contributed by atoms with Gasteiger partial charge in [0.15, 0.2) is 10.3 Å². The number of carbonyl (C=O) groups is 1. The molecule has 1 amide bonds. The minimum absolute atomic E-state index is 0.0179. The maximum Gasteiger partial charge on any atom is 0.236 e. The van der Waals surface area contributed by atoms with Gasteiger partial charge < -0.3 is 9.88 Å². The first-order chi connectivity index (χ1) is 15.6. The zero-order chi connectivity index (χ0) is 21.5. The zero-order valence-electron chi connectivity index (χ0n) is 18.1. The lowest BCUT2D eigenvalue weighted by atomic mass is 9.49. The quantitative estimate of drug-likeness (QED) is 0.463. The number of nitrogens with zero attached hydrogens (tertiary/aromatic N) is 3. The Balaban J connectivity index is 1.07. The van der Waals surface area contributed by atoms with Crippen molar-refractivity contribution in [2.45, 2.75) is 55.6 Å². The molecule has 4 fully saturated rings. The lowest BCUT2D eigenvalue weighted by Gasteiger charge is -2.56. The van der Waals surface area contributed by atoms with Crippen molar-refractivity contribution in [3.63, 3.8) is 0 Å². The van der Waals surface area contributed by atoms with E-state index in [0.29, 0.717) is 11.2 Å². The van der Waals surface area contributed by atoms with E-state index >= 15 is 0 Å². The molecule has 0 atom stereocenters. The van der Waals surface area contributed by atoms with E-state index in [9.17, 15) is 4.79 Å². The maximum absolute atomic E-state index is 12.6. The third-order valence-electron chi connectivity index (χ3n) is 7.52. The minimum atomic E-state index is -0.0179. The maximum atomic E-state index is 12.6. The summed E-state index contributed by atoms with van der Waals surface area (Å²) in [5.41, 5.74) is 1.56. The second-order valence-corrected chi connectivity index (χ2v) is 11.9. The molecule has 7 rings (SSSR count). The van der Waals surface area contributed by atoms with Gasteiger partial charge in [0, 0.05) is 35.4 Å². The lowest BCUT2D eigenvalue weighted by Crippen LogP contribution is -2.48. The Bertz CT molecular complexity index is 1070. The van der Waals surface area contributed by atoms with Gasteiger partial charge in [-0.2, -0.15) is 0 Å². The van der Waals surface area contributed by atoms with Crippen LogP contribution in [-0.2, 0) is 16.8 Å². The van der Waals surface area contributed by atoms with Gasteiger partial charge in [-0.1, -0.05) is 42.1 Å². The molecule has 4 saturated carbocycles. The van der Waals surface area contributed by atoms with E-state index in [1.54, 1.807) is 17.5 Å². The molecule has 3 aromatic rings. The molecule has 5 nitrogen and oxygen atoms in total. The topological polar surface area (TPSA) is 59.8 Å². The minimum Gasteiger partial charge on any atom is -0.322 e. The second-order valence-electron chi connectivity index (χ2n) is 9.89. The number of rotatable bonds is 7. The van der Waals surface area contributed by atoms with Crippen LogP contribution >= 0.6 is 23.1 Å². The predicted octanol–water partition coefficient (Wildman–Crippen LogP) is 5.59. The Hall–Kier alpha value is -2.12. The Labute approximate surface area is 197 Å². The Kier molecular flexibility index (Phi) is 5.34. The van der Waals surface area contributed by atoms with Gasteiger partial charge in [-0.15, -0.1) is 11.3 Å². The van der Waals surface area contributed by atoms with Crippen molar-refractivity contribution in [1.29, 1.82) is 0 Å². The highest BCUT2D eigenvalue weighted by Crippen LogP contribution is 2.61. The second kappa shape index (κ2) is 8.34. The van der Waals surface area contributed by atoms with Crippen molar-refractivity contribution >= 4 is 34.1 Å². The number of amides is 1.